The fourth-order valence-corrected chi connectivity index (χ4v) is 1.92. The fourth-order valence-electron chi connectivity index (χ4n) is 1.92. The van der Waals surface area contributed by atoms with Crippen LogP contribution in [0.25, 0.3) is 0 Å². The Balaban J connectivity index is 2.08. The largest absolute Gasteiger partial charge is 0.378 e. The maximum atomic E-state index is 5.33. The average Bonchev–Trinajstić information content (AvgIpc) is 2.52. The number of hydrogen-bond acceptors (Lipinski definition) is 4. The number of rotatable bonds is 1. The molecule has 2 heterocycles. The summed E-state index contributed by atoms with van der Waals surface area (Å²) in [6.45, 7) is 8.42. The Hall–Kier alpha value is -1.16. The Morgan fingerprint density at radius 3 is 2.81 bits per heavy atom. The zero-order valence-corrected chi connectivity index (χ0v) is 10.1. The van der Waals surface area contributed by atoms with Crippen LogP contribution in [0, 0.1) is 0 Å². The molecular formula is C12H19N3O. The second kappa shape index (κ2) is 5.25. The maximum absolute atomic E-state index is 5.33. The van der Waals surface area contributed by atoms with Gasteiger partial charge in [-0.1, -0.05) is 6.92 Å². The molecule has 4 heteroatoms. The van der Waals surface area contributed by atoms with E-state index in [1.165, 1.54) is 11.1 Å². The van der Waals surface area contributed by atoms with Gasteiger partial charge in [0.15, 0.2) is 0 Å². The Kier molecular flexibility index (Phi) is 3.72. The van der Waals surface area contributed by atoms with Gasteiger partial charge in [0, 0.05) is 19.3 Å². The van der Waals surface area contributed by atoms with Gasteiger partial charge in [0.05, 0.1) is 19.8 Å². The molecule has 0 N–H and O–H groups in total. The number of ether oxygens (including phenoxy) is 1. The lowest BCUT2D eigenvalue weighted by molar-refractivity contribution is 0.0675. The van der Waals surface area contributed by atoms with Gasteiger partial charge < -0.3 is 9.64 Å². The van der Waals surface area contributed by atoms with E-state index in [2.05, 4.69) is 28.7 Å². The van der Waals surface area contributed by atoms with Crippen molar-refractivity contribution in [3.8, 4) is 0 Å². The van der Waals surface area contributed by atoms with Gasteiger partial charge >= 0.3 is 0 Å². The molecule has 0 bridgehead atoms. The minimum Gasteiger partial charge on any atom is -0.378 e. The molecule has 88 valence electrons. The first-order valence-electron chi connectivity index (χ1n) is 5.91. The van der Waals surface area contributed by atoms with Crippen LogP contribution in [-0.4, -0.2) is 49.9 Å². The normalized spacial score (nSPS) is 22.1. The first kappa shape index (κ1) is 11.3. The molecule has 16 heavy (non-hydrogen) atoms. The molecule has 2 rings (SSSR count). The minimum atomic E-state index is 0.774. The molecule has 2 aliphatic heterocycles. The minimum absolute atomic E-state index is 0.774. The van der Waals surface area contributed by atoms with Gasteiger partial charge in [-0.3, -0.25) is 0 Å². The highest BCUT2D eigenvalue weighted by Gasteiger charge is 2.15. The van der Waals surface area contributed by atoms with Crippen molar-refractivity contribution < 1.29 is 4.74 Å². The summed E-state index contributed by atoms with van der Waals surface area (Å²) in [5, 5.41) is 0. The number of hydrogen-bond donors (Lipinski definition) is 0. The molecule has 1 saturated heterocycles. The molecule has 2 aliphatic rings. The predicted molar refractivity (Wildman–Crippen MR) is 66.2 cm³/mol. The molecule has 0 aromatic rings. The van der Waals surface area contributed by atoms with Crippen LogP contribution in [-0.2, 0) is 4.74 Å². The van der Waals surface area contributed by atoms with Crippen LogP contribution >= 0.6 is 0 Å². The molecule has 0 aromatic heterocycles. The molecule has 4 nitrogen and oxygen atoms in total. The number of nitrogens with zero attached hydrogens (tertiary/aromatic N) is 3. The Bertz CT molecular complexity index is 338. The van der Waals surface area contributed by atoms with Crippen molar-refractivity contribution in [1.29, 1.82) is 0 Å². The van der Waals surface area contributed by atoms with Crippen LogP contribution in [0.1, 0.15) is 20.3 Å². The fraction of sp³-hybridized carbons (Fsp3) is 0.667. The van der Waals surface area contributed by atoms with Crippen molar-refractivity contribution in [2.24, 2.45) is 9.98 Å². The molecule has 1 fully saturated rings. The van der Waals surface area contributed by atoms with E-state index in [0.29, 0.717) is 0 Å². The van der Waals surface area contributed by atoms with Crippen molar-refractivity contribution in [3.05, 3.63) is 11.1 Å². The van der Waals surface area contributed by atoms with Gasteiger partial charge in [0.1, 0.15) is 0 Å². The van der Waals surface area contributed by atoms with E-state index in [1.807, 2.05) is 6.21 Å². The van der Waals surface area contributed by atoms with E-state index in [9.17, 15) is 0 Å². The second-order valence-electron chi connectivity index (χ2n) is 4.13. The smallest absolute Gasteiger partial charge is 0.221 e. The average molecular weight is 221 g/mol. The van der Waals surface area contributed by atoms with E-state index in [-0.39, 0.29) is 0 Å². The monoisotopic (exact) mass is 221 g/mol. The molecule has 0 unspecified atom stereocenters. The number of allylic oxidation sites excluding steroid dienone is 1. The lowest BCUT2D eigenvalue weighted by Crippen LogP contribution is -2.40. The summed E-state index contributed by atoms with van der Waals surface area (Å²) < 4.78 is 5.33. The molecule has 0 amide bonds. The van der Waals surface area contributed by atoms with Crippen LogP contribution < -0.4 is 0 Å². The predicted octanol–water partition coefficient (Wildman–Crippen LogP) is 1.49. The van der Waals surface area contributed by atoms with Gasteiger partial charge in [0.2, 0.25) is 5.96 Å². The summed E-state index contributed by atoms with van der Waals surface area (Å²) >= 11 is 0. The van der Waals surface area contributed by atoms with E-state index < -0.39 is 0 Å². The van der Waals surface area contributed by atoms with Crippen LogP contribution in [0.3, 0.4) is 0 Å². The molecular weight excluding hydrogens is 202 g/mol. The third-order valence-electron chi connectivity index (χ3n) is 3.02. The van der Waals surface area contributed by atoms with Gasteiger partial charge in [-0.15, -0.1) is 0 Å². The molecule has 0 spiro atoms. The first-order valence-corrected chi connectivity index (χ1v) is 5.91. The zero-order valence-electron chi connectivity index (χ0n) is 10.1. The molecule has 0 atom stereocenters. The summed E-state index contributed by atoms with van der Waals surface area (Å²) in [5.74, 6) is 0.867. The Morgan fingerprint density at radius 1 is 1.38 bits per heavy atom. The van der Waals surface area contributed by atoms with E-state index in [4.69, 9.17) is 4.74 Å². The highest BCUT2D eigenvalue weighted by atomic mass is 16.5. The van der Waals surface area contributed by atoms with Crippen molar-refractivity contribution in [2.45, 2.75) is 20.3 Å². The van der Waals surface area contributed by atoms with E-state index >= 15 is 0 Å². The molecule has 0 aliphatic carbocycles. The topological polar surface area (TPSA) is 37.2 Å². The van der Waals surface area contributed by atoms with Crippen molar-refractivity contribution in [3.63, 3.8) is 0 Å². The molecule has 0 saturated carbocycles. The van der Waals surface area contributed by atoms with Gasteiger partial charge in [-0.05, 0) is 24.5 Å². The zero-order chi connectivity index (χ0) is 11.4. The number of morpholine rings is 1. The Morgan fingerprint density at radius 2 is 2.12 bits per heavy atom. The van der Waals surface area contributed by atoms with Crippen LogP contribution in [0.2, 0.25) is 0 Å². The lowest BCUT2D eigenvalue weighted by Gasteiger charge is -2.27. The van der Waals surface area contributed by atoms with Crippen molar-refractivity contribution in [1.82, 2.24) is 4.90 Å². The summed E-state index contributed by atoms with van der Waals surface area (Å²) in [4.78, 5) is 11.2. The third kappa shape index (κ3) is 2.50. The van der Waals surface area contributed by atoms with Crippen molar-refractivity contribution >= 4 is 12.2 Å². The molecule has 0 aromatic carbocycles. The number of guanidine groups is 1. The first-order chi connectivity index (χ1) is 7.81. The maximum Gasteiger partial charge on any atom is 0.221 e. The van der Waals surface area contributed by atoms with E-state index in [1.54, 1.807) is 0 Å². The van der Waals surface area contributed by atoms with Crippen LogP contribution in [0.5, 0.6) is 0 Å². The van der Waals surface area contributed by atoms with Gasteiger partial charge in [-0.25, -0.2) is 9.98 Å². The highest BCUT2D eigenvalue weighted by molar-refractivity contribution is 5.94. The van der Waals surface area contributed by atoms with Crippen LogP contribution in [0.15, 0.2) is 21.1 Å². The van der Waals surface area contributed by atoms with Gasteiger partial charge in [0.25, 0.3) is 0 Å². The summed E-state index contributed by atoms with van der Waals surface area (Å²) in [6.07, 6.45) is 3.00. The van der Waals surface area contributed by atoms with Crippen LogP contribution in [0.4, 0.5) is 0 Å². The van der Waals surface area contributed by atoms with E-state index in [0.717, 1.165) is 45.2 Å². The third-order valence-corrected chi connectivity index (χ3v) is 3.02. The van der Waals surface area contributed by atoms with Gasteiger partial charge in [-0.2, -0.15) is 0 Å². The SMILES string of the molecule is CCC1=C(C)CN=C(N2CCOCC2)N=C1. The van der Waals surface area contributed by atoms with Crippen molar-refractivity contribution in [2.75, 3.05) is 32.8 Å². The second-order valence-corrected chi connectivity index (χ2v) is 4.13. The lowest BCUT2D eigenvalue weighted by atomic mass is 10.1. The number of aliphatic imine (C=N–C) groups is 2. The highest BCUT2D eigenvalue weighted by Crippen LogP contribution is 2.11. The summed E-state index contributed by atoms with van der Waals surface area (Å²) in [5.41, 5.74) is 2.64. The standard InChI is InChI=1S/C12H19N3O/c1-3-11-9-14-12(13-8-10(11)2)15-4-6-16-7-5-15/h9H,3-8H2,1-2H3. The summed E-state index contributed by atoms with van der Waals surface area (Å²) in [7, 11) is 0. The summed E-state index contributed by atoms with van der Waals surface area (Å²) in [6, 6.07) is 0. The molecule has 0 radical (unpaired) electrons. The Labute approximate surface area is 96.7 Å². The quantitative estimate of drug-likeness (QED) is 0.672.